The van der Waals surface area contributed by atoms with E-state index in [9.17, 15) is 4.79 Å². The van der Waals surface area contributed by atoms with Crippen LogP contribution in [0.15, 0.2) is 0 Å². The lowest BCUT2D eigenvalue weighted by atomic mass is 9.69. The largest absolute Gasteiger partial charge is 0.462 e. The number of carbonyl (C=O) groups is 1. The number of fused-ring (bicyclic) bond motifs is 5. The van der Waals surface area contributed by atoms with Crippen LogP contribution in [0.3, 0.4) is 0 Å². The van der Waals surface area contributed by atoms with Gasteiger partial charge in [-0.1, -0.05) is 6.92 Å². The lowest BCUT2D eigenvalue weighted by Crippen LogP contribution is -2.53. The second-order valence-electron chi connectivity index (χ2n) is 8.45. The molecule has 112 valence electrons. The summed E-state index contributed by atoms with van der Waals surface area (Å²) in [5.41, 5.74) is -0.111. The minimum Gasteiger partial charge on any atom is -0.462 e. The molecule has 3 nitrogen and oxygen atoms in total. The van der Waals surface area contributed by atoms with Crippen LogP contribution < -0.4 is 0 Å². The molecule has 3 saturated carbocycles. The maximum atomic E-state index is 11.4. The van der Waals surface area contributed by atoms with Gasteiger partial charge in [0.1, 0.15) is 6.10 Å². The van der Waals surface area contributed by atoms with Crippen LogP contribution >= 0.6 is 0 Å². The average Bonchev–Trinajstić information content (AvgIpc) is 2.90. The molecular formula is C17H26O3. The van der Waals surface area contributed by atoms with E-state index in [4.69, 9.17) is 9.47 Å². The molecule has 3 heteroatoms. The van der Waals surface area contributed by atoms with Crippen molar-refractivity contribution in [3.8, 4) is 0 Å². The number of carbonyl (C=O) groups excluding carboxylic acids is 1. The van der Waals surface area contributed by atoms with Gasteiger partial charge < -0.3 is 9.47 Å². The van der Waals surface area contributed by atoms with Gasteiger partial charge in [0, 0.05) is 12.8 Å². The van der Waals surface area contributed by atoms with Crippen molar-refractivity contribution < 1.29 is 14.3 Å². The van der Waals surface area contributed by atoms with E-state index < -0.39 is 0 Å². The van der Waals surface area contributed by atoms with Gasteiger partial charge in [-0.3, -0.25) is 4.79 Å². The monoisotopic (exact) mass is 278 g/mol. The van der Waals surface area contributed by atoms with Crippen LogP contribution in [0, 0.1) is 35.5 Å². The summed E-state index contributed by atoms with van der Waals surface area (Å²) in [6, 6.07) is 0. The summed E-state index contributed by atoms with van der Waals surface area (Å²) in [6.07, 6.45) is 2.25. The topological polar surface area (TPSA) is 35.5 Å². The maximum absolute atomic E-state index is 11.4. The standard InChI is InChI=1S/C17H26O3/c1-8-6-11(19-9(2)18)15-12(8)13-10-7-17(15,5)20-16(3,4)14(10)13/h8,10-15H,6-7H2,1-5H3/t8-,10-,11-,12+,13-,14-,15-,17+/m1/s1. The molecule has 2 bridgehead atoms. The van der Waals surface area contributed by atoms with Crippen LogP contribution in [-0.2, 0) is 14.3 Å². The Morgan fingerprint density at radius 2 is 1.90 bits per heavy atom. The van der Waals surface area contributed by atoms with Gasteiger partial charge in [0.05, 0.1) is 11.2 Å². The molecule has 0 aromatic carbocycles. The number of hydrogen-bond acceptors (Lipinski definition) is 3. The molecule has 4 rings (SSSR count). The van der Waals surface area contributed by atoms with Gasteiger partial charge in [-0.05, 0) is 63.2 Å². The molecule has 20 heavy (non-hydrogen) atoms. The van der Waals surface area contributed by atoms with Crippen molar-refractivity contribution in [3.05, 3.63) is 0 Å². The van der Waals surface area contributed by atoms with Gasteiger partial charge in [0.15, 0.2) is 0 Å². The predicted octanol–water partition coefficient (Wildman–Crippen LogP) is 3.02. The minimum atomic E-state index is -0.141. The summed E-state index contributed by atoms with van der Waals surface area (Å²) in [4.78, 5) is 11.4. The summed E-state index contributed by atoms with van der Waals surface area (Å²) in [7, 11) is 0. The molecule has 0 aromatic heterocycles. The maximum Gasteiger partial charge on any atom is 0.302 e. The van der Waals surface area contributed by atoms with Crippen molar-refractivity contribution in [1.29, 1.82) is 0 Å². The fourth-order valence-corrected chi connectivity index (χ4v) is 6.58. The number of hydrogen-bond donors (Lipinski definition) is 0. The molecule has 0 aromatic rings. The fourth-order valence-electron chi connectivity index (χ4n) is 6.58. The van der Waals surface area contributed by atoms with Crippen LogP contribution in [0.1, 0.15) is 47.5 Å². The number of esters is 1. The van der Waals surface area contributed by atoms with Crippen LogP contribution in [0.5, 0.6) is 0 Å². The van der Waals surface area contributed by atoms with E-state index >= 15 is 0 Å². The first-order chi connectivity index (χ1) is 9.24. The van der Waals surface area contributed by atoms with E-state index in [1.807, 2.05) is 0 Å². The van der Waals surface area contributed by atoms with Crippen molar-refractivity contribution in [2.45, 2.75) is 64.8 Å². The van der Waals surface area contributed by atoms with Gasteiger partial charge in [-0.2, -0.15) is 0 Å². The summed E-state index contributed by atoms with van der Waals surface area (Å²) in [5, 5.41) is 0. The van der Waals surface area contributed by atoms with Crippen LogP contribution in [0.4, 0.5) is 0 Å². The number of rotatable bonds is 1. The van der Waals surface area contributed by atoms with Crippen molar-refractivity contribution in [1.82, 2.24) is 0 Å². The van der Waals surface area contributed by atoms with Crippen molar-refractivity contribution >= 4 is 5.97 Å². The SMILES string of the molecule is CC(=O)O[C@@H]1C[C@@H](C)[C@H]2[C@H]3[C@H]4C[C@](C)(OC(C)(C)[C@H]43)[C@@H]21. The molecule has 0 radical (unpaired) electrons. The lowest BCUT2D eigenvalue weighted by Gasteiger charge is -2.49. The zero-order chi connectivity index (χ0) is 14.4. The van der Waals surface area contributed by atoms with Crippen LogP contribution in [-0.4, -0.2) is 23.3 Å². The van der Waals surface area contributed by atoms with Gasteiger partial charge in [-0.25, -0.2) is 0 Å². The Labute approximate surface area is 121 Å². The number of ether oxygens (including phenoxy) is 2. The Morgan fingerprint density at radius 3 is 2.55 bits per heavy atom. The van der Waals surface area contributed by atoms with Crippen LogP contribution in [0.25, 0.3) is 0 Å². The zero-order valence-electron chi connectivity index (χ0n) is 13.2. The second kappa shape index (κ2) is 3.60. The molecular weight excluding hydrogens is 252 g/mol. The van der Waals surface area contributed by atoms with E-state index in [-0.39, 0.29) is 23.3 Å². The smallest absolute Gasteiger partial charge is 0.302 e. The second-order valence-corrected chi connectivity index (χ2v) is 8.45. The first kappa shape index (κ1) is 13.1. The Hall–Kier alpha value is -0.570. The highest BCUT2D eigenvalue weighted by Crippen LogP contribution is 2.74. The normalized spacial score (nSPS) is 58.0. The lowest BCUT2D eigenvalue weighted by molar-refractivity contribution is -0.213. The fraction of sp³-hybridized carbons (Fsp3) is 0.941. The summed E-state index contributed by atoms with van der Waals surface area (Å²) in [5.74, 6) is 3.98. The molecule has 0 amide bonds. The Morgan fingerprint density at radius 1 is 1.20 bits per heavy atom. The van der Waals surface area contributed by atoms with E-state index in [1.54, 1.807) is 0 Å². The van der Waals surface area contributed by atoms with Gasteiger partial charge in [0.2, 0.25) is 0 Å². The molecule has 0 N–H and O–H groups in total. The van der Waals surface area contributed by atoms with Gasteiger partial charge in [0.25, 0.3) is 0 Å². The van der Waals surface area contributed by atoms with Gasteiger partial charge in [-0.15, -0.1) is 0 Å². The van der Waals surface area contributed by atoms with Crippen molar-refractivity contribution in [2.24, 2.45) is 35.5 Å². The molecule has 8 atom stereocenters. The Kier molecular flexibility index (Phi) is 2.36. The average molecular weight is 278 g/mol. The quantitative estimate of drug-likeness (QED) is 0.692. The Bertz CT molecular complexity index is 471. The first-order valence-corrected chi connectivity index (χ1v) is 8.12. The molecule has 1 aliphatic heterocycles. The zero-order valence-corrected chi connectivity index (χ0v) is 13.2. The summed E-state index contributed by atoms with van der Waals surface area (Å²) < 4.78 is 12.3. The van der Waals surface area contributed by atoms with E-state index in [0.29, 0.717) is 17.8 Å². The van der Waals surface area contributed by atoms with Crippen molar-refractivity contribution in [3.63, 3.8) is 0 Å². The third-order valence-electron chi connectivity index (χ3n) is 6.71. The highest BCUT2D eigenvalue weighted by molar-refractivity contribution is 5.66. The van der Waals surface area contributed by atoms with E-state index in [0.717, 1.165) is 30.6 Å². The third kappa shape index (κ3) is 1.48. The summed E-state index contributed by atoms with van der Waals surface area (Å²) >= 11 is 0. The summed E-state index contributed by atoms with van der Waals surface area (Å²) in [6.45, 7) is 10.7. The van der Waals surface area contributed by atoms with E-state index in [2.05, 4.69) is 27.7 Å². The predicted molar refractivity (Wildman–Crippen MR) is 75.0 cm³/mol. The molecule has 3 aliphatic carbocycles. The first-order valence-electron chi connectivity index (χ1n) is 8.12. The van der Waals surface area contributed by atoms with Gasteiger partial charge >= 0.3 is 5.97 Å². The van der Waals surface area contributed by atoms with E-state index in [1.165, 1.54) is 6.92 Å². The molecule has 0 spiro atoms. The molecule has 4 aliphatic rings. The highest BCUT2D eigenvalue weighted by Gasteiger charge is 2.76. The van der Waals surface area contributed by atoms with Crippen LogP contribution in [0.2, 0.25) is 0 Å². The molecule has 0 unspecified atom stereocenters. The third-order valence-corrected chi connectivity index (χ3v) is 6.71. The molecule has 1 saturated heterocycles. The minimum absolute atomic E-state index is 0.00678. The molecule has 1 heterocycles. The Balaban J connectivity index is 1.73. The molecule has 4 fully saturated rings. The van der Waals surface area contributed by atoms with Crippen molar-refractivity contribution in [2.75, 3.05) is 0 Å². The highest BCUT2D eigenvalue weighted by atomic mass is 16.6.